The Balaban J connectivity index is 2.49. The van der Waals surface area contributed by atoms with E-state index < -0.39 is 6.04 Å². The van der Waals surface area contributed by atoms with E-state index >= 15 is 0 Å². The Morgan fingerprint density at radius 2 is 2.29 bits per heavy atom. The van der Waals surface area contributed by atoms with Crippen LogP contribution in [0.15, 0.2) is 24.3 Å². The third-order valence-corrected chi connectivity index (χ3v) is 1.84. The molecule has 1 rings (SSSR count). The van der Waals surface area contributed by atoms with Crippen molar-refractivity contribution in [1.82, 2.24) is 0 Å². The van der Waals surface area contributed by atoms with E-state index in [0.29, 0.717) is 5.75 Å². The molecule has 0 spiro atoms. The highest BCUT2D eigenvalue weighted by Gasteiger charge is 2.12. The summed E-state index contributed by atoms with van der Waals surface area (Å²) in [6.07, 6.45) is 0. The fourth-order valence-electron chi connectivity index (χ4n) is 0.983. The van der Waals surface area contributed by atoms with Crippen molar-refractivity contribution < 1.29 is 9.66 Å². The number of hydrogen-bond donors (Lipinski definition) is 0. The van der Waals surface area contributed by atoms with Crippen LogP contribution in [0.4, 0.5) is 0 Å². The van der Waals surface area contributed by atoms with Crippen molar-refractivity contribution in [3.63, 3.8) is 0 Å². The van der Waals surface area contributed by atoms with Gasteiger partial charge in [-0.3, -0.25) is 10.1 Å². The summed E-state index contributed by atoms with van der Waals surface area (Å²) in [5, 5.41) is 10.3. The molecule has 0 aromatic heterocycles. The number of aryl methyl sites for hydroxylation is 1. The van der Waals surface area contributed by atoms with Gasteiger partial charge in [-0.25, -0.2) is 0 Å². The van der Waals surface area contributed by atoms with Gasteiger partial charge in [-0.15, -0.1) is 0 Å². The summed E-state index contributed by atoms with van der Waals surface area (Å²) in [5.41, 5.74) is 1.08. The van der Waals surface area contributed by atoms with Crippen LogP contribution in [0.1, 0.15) is 12.5 Å². The van der Waals surface area contributed by atoms with Gasteiger partial charge in [-0.05, 0) is 24.6 Å². The quantitative estimate of drug-likeness (QED) is 0.545. The van der Waals surface area contributed by atoms with Crippen LogP contribution < -0.4 is 4.74 Å². The first-order valence-corrected chi connectivity index (χ1v) is 4.42. The molecule has 0 N–H and O–H groups in total. The maximum Gasteiger partial charge on any atom is 0.243 e. The minimum atomic E-state index is -0.671. The summed E-state index contributed by atoms with van der Waals surface area (Å²) in [6.45, 7) is 3.58. The van der Waals surface area contributed by atoms with Gasteiger partial charge in [0.2, 0.25) is 6.04 Å². The Bertz CT molecular complexity index is 325. The van der Waals surface area contributed by atoms with Gasteiger partial charge >= 0.3 is 0 Å². The van der Waals surface area contributed by atoms with Crippen LogP contribution in [0.3, 0.4) is 0 Å². The average Bonchev–Trinajstić information content (AvgIpc) is 2.14. The summed E-state index contributed by atoms with van der Waals surface area (Å²) >= 11 is 0. The highest BCUT2D eigenvalue weighted by Crippen LogP contribution is 2.12. The summed E-state index contributed by atoms with van der Waals surface area (Å²) in [4.78, 5) is 9.96. The van der Waals surface area contributed by atoms with Crippen LogP contribution in [-0.4, -0.2) is 17.6 Å². The fourth-order valence-corrected chi connectivity index (χ4v) is 0.983. The smallest absolute Gasteiger partial charge is 0.243 e. The van der Waals surface area contributed by atoms with Crippen molar-refractivity contribution in [2.24, 2.45) is 0 Å². The molecule has 0 aliphatic rings. The van der Waals surface area contributed by atoms with Crippen LogP contribution in [0, 0.1) is 17.0 Å². The molecule has 76 valence electrons. The third kappa shape index (κ3) is 3.05. The van der Waals surface area contributed by atoms with Crippen molar-refractivity contribution in [3.05, 3.63) is 39.9 Å². The first-order chi connectivity index (χ1) is 6.59. The molecule has 1 aromatic carbocycles. The molecule has 0 heterocycles. The number of ether oxygens (including phenoxy) is 1. The summed E-state index contributed by atoms with van der Waals surface area (Å²) in [7, 11) is 0. The van der Waals surface area contributed by atoms with Gasteiger partial charge in [0, 0.05) is 11.8 Å². The fraction of sp³-hybridized carbons (Fsp3) is 0.400. The monoisotopic (exact) mass is 195 g/mol. The van der Waals surface area contributed by atoms with E-state index in [1.165, 1.54) is 6.92 Å². The number of nitrogens with zero attached hydrogens (tertiary/aromatic N) is 1. The van der Waals surface area contributed by atoms with Gasteiger partial charge in [0.25, 0.3) is 0 Å². The van der Waals surface area contributed by atoms with Gasteiger partial charge in [0.1, 0.15) is 5.75 Å². The lowest BCUT2D eigenvalue weighted by molar-refractivity contribution is -0.520. The zero-order chi connectivity index (χ0) is 10.6. The molecule has 0 fully saturated rings. The second kappa shape index (κ2) is 4.60. The maximum atomic E-state index is 10.3. The Hall–Kier alpha value is -1.58. The lowest BCUT2D eigenvalue weighted by atomic mass is 10.2. The van der Waals surface area contributed by atoms with Gasteiger partial charge < -0.3 is 4.74 Å². The first-order valence-electron chi connectivity index (χ1n) is 4.42. The lowest BCUT2D eigenvalue weighted by Crippen LogP contribution is -2.23. The predicted octanol–water partition coefficient (Wildman–Crippen LogP) is 2.04. The highest BCUT2D eigenvalue weighted by molar-refractivity contribution is 5.27. The Morgan fingerprint density at radius 1 is 1.57 bits per heavy atom. The Labute approximate surface area is 82.7 Å². The van der Waals surface area contributed by atoms with E-state index in [1.54, 1.807) is 6.07 Å². The lowest BCUT2D eigenvalue weighted by Gasteiger charge is -2.07. The molecule has 0 saturated heterocycles. The van der Waals surface area contributed by atoms with E-state index in [0.717, 1.165) is 5.56 Å². The predicted molar refractivity (Wildman–Crippen MR) is 53.1 cm³/mol. The van der Waals surface area contributed by atoms with Crippen LogP contribution in [0.5, 0.6) is 5.75 Å². The number of nitro groups is 1. The van der Waals surface area contributed by atoms with Crippen LogP contribution >= 0.6 is 0 Å². The molecule has 14 heavy (non-hydrogen) atoms. The topological polar surface area (TPSA) is 52.4 Å². The average molecular weight is 195 g/mol. The molecule has 1 atom stereocenters. The summed E-state index contributed by atoms with van der Waals surface area (Å²) < 4.78 is 5.27. The van der Waals surface area contributed by atoms with Crippen LogP contribution in [0.25, 0.3) is 0 Å². The Morgan fingerprint density at radius 3 is 2.86 bits per heavy atom. The summed E-state index contributed by atoms with van der Waals surface area (Å²) in [5.74, 6) is 0.679. The molecule has 0 aliphatic heterocycles. The van der Waals surface area contributed by atoms with Crippen LogP contribution in [-0.2, 0) is 0 Å². The zero-order valence-corrected chi connectivity index (χ0v) is 8.27. The molecule has 1 aromatic rings. The first kappa shape index (κ1) is 10.5. The molecular formula is C10H13NO3. The number of benzene rings is 1. The van der Waals surface area contributed by atoms with E-state index in [4.69, 9.17) is 4.74 Å². The number of hydrogen-bond acceptors (Lipinski definition) is 3. The molecule has 0 radical (unpaired) electrons. The minimum Gasteiger partial charge on any atom is -0.486 e. The van der Waals surface area contributed by atoms with Gasteiger partial charge in [0.15, 0.2) is 6.61 Å². The van der Waals surface area contributed by atoms with Crippen LogP contribution in [0.2, 0.25) is 0 Å². The molecular weight excluding hydrogens is 182 g/mol. The number of rotatable bonds is 4. The Kier molecular flexibility index (Phi) is 3.45. The molecule has 0 saturated carbocycles. The van der Waals surface area contributed by atoms with Crippen molar-refractivity contribution in [3.8, 4) is 5.75 Å². The summed E-state index contributed by atoms with van der Waals surface area (Å²) in [6, 6.07) is 6.79. The molecule has 0 bridgehead atoms. The van der Waals surface area contributed by atoms with Crippen molar-refractivity contribution >= 4 is 0 Å². The van der Waals surface area contributed by atoms with Gasteiger partial charge in [-0.1, -0.05) is 12.1 Å². The molecule has 1 unspecified atom stereocenters. The van der Waals surface area contributed by atoms with E-state index in [9.17, 15) is 10.1 Å². The van der Waals surface area contributed by atoms with Crippen molar-refractivity contribution in [2.75, 3.05) is 6.61 Å². The molecule has 0 amide bonds. The van der Waals surface area contributed by atoms with Crippen molar-refractivity contribution in [1.29, 1.82) is 0 Å². The van der Waals surface area contributed by atoms with E-state index in [2.05, 4.69) is 0 Å². The van der Waals surface area contributed by atoms with E-state index in [-0.39, 0.29) is 11.5 Å². The molecule has 0 aliphatic carbocycles. The maximum absolute atomic E-state index is 10.3. The standard InChI is InChI=1S/C10H13NO3/c1-8-4-3-5-10(6-8)14-7-9(2)11(12)13/h3-6,9H,7H2,1-2H3. The van der Waals surface area contributed by atoms with Gasteiger partial charge in [-0.2, -0.15) is 0 Å². The zero-order valence-electron chi connectivity index (χ0n) is 8.27. The molecule has 4 nitrogen and oxygen atoms in total. The second-order valence-electron chi connectivity index (χ2n) is 3.26. The van der Waals surface area contributed by atoms with Crippen molar-refractivity contribution in [2.45, 2.75) is 19.9 Å². The normalized spacial score (nSPS) is 12.1. The highest BCUT2D eigenvalue weighted by atomic mass is 16.6. The SMILES string of the molecule is Cc1cccc(OCC(C)[N+](=O)[O-])c1. The molecule has 4 heteroatoms. The minimum absolute atomic E-state index is 0.108. The largest absolute Gasteiger partial charge is 0.486 e. The second-order valence-corrected chi connectivity index (χ2v) is 3.26. The third-order valence-electron chi connectivity index (χ3n) is 1.84. The van der Waals surface area contributed by atoms with E-state index in [1.807, 2.05) is 25.1 Å². The van der Waals surface area contributed by atoms with Gasteiger partial charge in [0.05, 0.1) is 0 Å².